The minimum Gasteiger partial charge on any atom is -0.356 e. The van der Waals surface area contributed by atoms with Gasteiger partial charge in [-0.25, -0.2) is 0 Å². The molecule has 0 saturated carbocycles. The molecule has 4 rings (SSSR count). The fraction of sp³-hybridized carbons (Fsp3) is 0.364. The molecule has 1 heterocycles. The number of hydrogen-bond donors (Lipinski definition) is 2. The van der Waals surface area contributed by atoms with Crippen molar-refractivity contribution in [2.75, 3.05) is 16.8 Å². The molecule has 1 fully saturated rings. The number of hydrogen-bond acceptors (Lipinski definition) is 2. The van der Waals surface area contributed by atoms with E-state index in [9.17, 15) is 4.79 Å². The largest absolute Gasteiger partial charge is 0.356 e. The maximum Gasteiger partial charge on any atom is 0.227 e. The number of nitrogens with zero attached hydrogens (tertiary/aromatic N) is 1. The molecule has 1 atom stereocenters. The molecular weight excluding hydrogens is 354 g/mol. The molecule has 2 aromatic rings. The van der Waals surface area contributed by atoms with Crippen molar-refractivity contribution in [1.82, 2.24) is 5.32 Å². The molecule has 4 nitrogen and oxygen atoms in total. The van der Waals surface area contributed by atoms with E-state index in [1.807, 2.05) is 24.0 Å². The van der Waals surface area contributed by atoms with Gasteiger partial charge in [-0.2, -0.15) is 0 Å². The summed E-state index contributed by atoms with van der Waals surface area (Å²) in [5.41, 5.74) is 5.81. The molecule has 0 aromatic heterocycles. The number of rotatable bonds is 3. The minimum absolute atomic E-state index is 0.215. The van der Waals surface area contributed by atoms with Crippen LogP contribution in [0.2, 0.25) is 0 Å². The second-order valence-electron chi connectivity index (χ2n) is 7.39. The summed E-state index contributed by atoms with van der Waals surface area (Å²) >= 11 is 5.56. The Labute approximate surface area is 166 Å². The smallest absolute Gasteiger partial charge is 0.227 e. The molecule has 0 spiro atoms. The highest BCUT2D eigenvalue weighted by Gasteiger charge is 2.23. The number of carbonyl (C=O) groups is 1. The number of aryl methyl sites for hydroxylation is 2. The third-order valence-corrected chi connectivity index (χ3v) is 5.71. The van der Waals surface area contributed by atoms with Crippen molar-refractivity contribution in [3.63, 3.8) is 0 Å². The Balaban J connectivity index is 1.43. The Morgan fingerprint density at radius 2 is 2.00 bits per heavy atom. The van der Waals surface area contributed by atoms with Crippen molar-refractivity contribution in [1.29, 1.82) is 0 Å². The first-order valence-electron chi connectivity index (χ1n) is 9.68. The second kappa shape index (κ2) is 7.69. The Bertz CT molecular complexity index is 880. The predicted octanol–water partition coefficient (Wildman–Crippen LogP) is 4.49. The number of nitrogens with one attached hydrogen (secondary N) is 2. The van der Waals surface area contributed by atoms with Gasteiger partial charge < -0.3 is 15.5 Å². The van der Waals surface area contributed by atoms with Gasteiger partial charge in [-0.1, -0.05) is 24.3 Å². The maximum atomic E-state index is 12.0. The summed E-state index contributed by atoms with van der Waals surface area (Å²) in [6.45, 7) is 2.85. The average molecular weight is 380 g/mol. The van der Waals surface area contributed by atoms with Crippen LogP contribution in [0, 0.1) is 6.92 Å². The third kappa shape index (κ3) is 3.83. The molecule has 27 heavy (non-hydrogen) atoms. The summed E-state index contributed by atoms with van der Waals surface area (Å²) in [5.74, 6) is 0.215. The van der Waals surface area contributed by atoms with Crippen LogP contribution in [-0.4, -0.2) is 17.6 Å². The Morgan fingerprint density at radius 1 is 1.15 bits per heavy atom. The predicted molar refractivity (Wildman–Crippen MR) is 114 cm³/mol. The highest BCUT2D eigenvalue weighted by Crippen LogP contribution is 2.30. The van der Waals surface area contributed by atoms with Crippen LogP contribution >= 0.6 is 12.2 Å². The number of carbonyl (C=O) groups excluding carboxylic acids is 1. The van der Waals surface area contributed by atoms with E-state index in [0.29, 0.717) is 11.5 Å². The standard InChI is InChI=1S/C22H25N3OS/c1-15-14-17(11-12-20(15)25-13-5-10-21(25)26)23-22(27)24-19-9-4-7-16-6-2-3-8-18(16)19/h2-3,6,8,11-12,14,19H,4-5,7,9-10,13H2,1H3,(H2,23,24,27)/t19-/m0/s1. The van der Waals surface area contributed by atoms with Gasteiger partial charge in [0.25, 0.3) is 0 Å². The minimum atomic E-state index is 0.215. The fourth-order valence-electron chi connectivity index (χ4n) is 4.17. The Kier molecular flexibility index (Phi) is 5.12. The lowest BCUT2D eigenvalue weighted by Crippen LogP contribution is -2.34. The maximum absolute atomic E-state index is 12.0. The van der Waals surface area contributed by atoms with Crippen LogP contribution < -0.4 is 15.5 Å². The van der Waals surface area contributed by atoms with Gasteiger partial charge in [0.15, 0.2) is 5.11 Å². The zero-order valence-electron chi connectivity index (χ0n) is 15.6. The molecule has 140 valence electrons. The molecule has 1 saturated heterocycles. The van der Waals surface area contributed by atoms with Crippen LogP contribution in [0.1, 0.15) is 48.4 Å². The molecule has 1 aliphatic heterocycles. The van der Waals surface area contributed by atoms with E-state index in [1.165, 1.54) is 17.5 Å². The van der Waals surface area contributed by atoms with Crippen LogP contribution in [0.3, 0.4) is 0 Å². The van der Waals surface area contributed by atoms with E-state index >= 15 is 0 Å². The lowest BCUT2D eigenvalue weighted by molar-refractivity contribution is -0.117. The zero-order valence-corrected chi connectivity index (χ0v) is 16.4. The topological polar surface area (TPSA) is 44.4 Å². The average Bonchev–Trinajstić information content (AvgIpc) is 3.08. The Morgan fingerprint density at radius 3 is 2.78 bits per heavy atom. The molecule has 2 aliphatic rings. The van der Waals surface area contributed by atoms with Gasteiger partial charge in [0.1, 0.15) is 0 Å². The van der Waals surface area contributed by atoms with Crippen LogP contribution in [0.15, 0.2) is 42.5 Å². The van der Waals surface area contributed by atoms with E-state index in [0.717, 1.165) is 42.7 Å². The van der Waals surface area contributed by atoms with Crippen molar-refractivity contribution >= 4 is 34.6 Å². The molecule has 0 radical (unpaired) electrons. The first kappa shape index (κ1) is 18.0. The van der Waals surface area contributed by atoms with Crippen LogP contribution in [0.5, 0.6) is 0 Å². The van der Waals surface area contributed by atoms with Gasteiger partial charge in [0, 0.05) is 24.3 Å². The summed E-state index contributed by atoms with van der Waals surface area (Å²) in [6, 6.07) is 14.9. The summed E-state index contributed by atoms with van der Waals surface area (Å²) in [4.78, 5) is 13.9. The van der Waals surface area contributed by atoms with E-state index in [2.05, 4.69) is 41.0 Å². The molecule has 2 aromatic carbocycles. The van der Waals surface area contributed by atoms with Crippen LogP contribution in [0.4, 0.5) is 11.4 Å². The van der Waals surface area contributed by atoms with Crippen LogP contribution in [-0.2, 0) is 11.2 Å². The van der Waals surface area contributed by atoms with E-state index in [4.69, 9.17) is 12.2 Å². The molecule has 5 heteroatoms. The zero-order chi connectivity index (χ0) is 18.8. The molecule has 0 unspecified atom stereocenters. The molecular formula is C22H25N3OS. The second-order valence-corrected chi connectivity index (χ2v) is 7.80. The van der Waals surface area contributed by atoms with Crippen molar-refractivity contribution < 1.29 is 4.79 Å². The first-order chi connectivity index (χ1) is 13.1. The number of amides is 1. The van der Waals surface area contributed by atoms with Gasteiger partial charge in [-0.05, 0) is 79.7 Å². The summed E-state index contributed by atoms with van der Waals surface area (Å²) in [7, 11) is 0. The van der Waals surface area contributed by atoms with E-state index in [-0.39, 0.29) is 11.9 Å². The van der Waals surface area contributed by atoms with Crippen molar-refractivity contribution in [2.24, 2.45) is 0 Å². The van der Waals surface area contributed by atoms with E-state index in [1.54, 1.807) is 0 Å². The summed E-state index contributed by atoms with van der Waals surface area (Å²) in [6.07, 6.45) is 5.00. The fourth-order valence-corrected chi connectivity index (χ4v) is 4.43. The van der Waals surface area contributed by atoms with Gasteiger partial charge in [0.05, 0.1) is 6.04 Å². The normalized spacial score (nSPS) is 18.9. The van der Waals surface area contributed by atoms with Crippen LogP contribution in [0.25, 0.3) is 0 Å². The summed E-state index contributed by atoms with van der Waals surface area (Å²) in [5, 5.41) is 7.42. The lowest BCUT2D eigenvalue weighted by Gasteiger charge is -2.27. The summed E-state index contributed by atoms with van der Waals surface area (Å²) < 4.78 is 0. The van der Waals surface area contributed by atoms with Gasteiger partial charge in [-0.3, -0.25) is 4.79 Å². The first-order valence-corrected chi connectivity index (χ1v) is 10.1. The highest BCUT2D eigenvalue weighted by molar-refractivity contribution is 7.80. The van der Waals surface area contributed by atoms with Crippen molar-refractivity contribution in [2.45, 2.75) is 45.1 Å². The number of fused-ring (bicyclic) bond motifs is 1. The van der Waals surface area contributed by atoms with E-state index < -0.39 is 0 Å². The monoisotopic (exact) mass is 379 g/mol. The Hall–Kier alpha value is -2.40. The third-order valence-electron chi connectivity index (χ3n) is 5.49. The molecule has 2 N–H and O–H groups in total. The van der Waals surface area contributed by atoms with Gasteiger partial charge >= 0.3 is 0 Å². The number of anilines is 2. The number of thiocarbonyl (C=S) groups is 1. The quantitative estimate of drug-likeness (QED) is 0.772. The SMILES string of the molecule is Cc1cc(NC(=S)N[C@H]2CCCc3ccccc32)ccc1N1CCCC1=O. The van der Waals surface area contributed by atoms with Gasteiger partial charge in [-0.15, -0.1) is 0 Å². The highest BCUT2D eigenvalue weighted by atomic mass is 32.1. The van der Waals surface area contributed by atoms with Crippen molar-refractivity contribution in [3.05, 3.63) is 59.2 Å². The van der Waals surface area contributed by atoms with Gasteiger partial charge in [0.2, 0.25) is 5.91 Å². The lowest BCUT2D eigenvalue weighted by atomic mass is 9.88. The number of benzene rings is 2. The molecule has 1 aliphatic carbocycles. The molecule has 0 bridgehead atoms. The molecule has 1 amide bonds. The van der Waals surface area contributed by atoms with Crippen molar-refractivity contribution in [3.8, 4) is 0 Å².